The average Bonchev–Trinajstić information content (AvgIpc) is 3.73. The van der Waals surface area contributed by atoms with Gasteiger partial charge in [-0.1, -0.05) is 147 Å². The Kier molecular flexibility index (Phi) is 11.1. The number of benzene rings is 3. The molecule has 254 valence electrons. The molecule has 0 saturated heterocycles. The van der Waals surface area contributed by atoms with Crippen LogP contribution in [0.25, 0.3) is 21.8 Å². The molecule has 0 atom stereocenters. The number of hydrogen-bond acceptors (Lipinski definition) is 2. The van der Waals surface area contributed by atoms with Crippen LogP contribution in [0.3, 0.4) is 0 Å². The summed E-state index contributed by atoms with van der Waals surface area (Å²) in [5.74, 6) is -0.227. The number of nitrogens with zero attached hydrogens (tertiary/aromatic N) is 2. The second-order valence-corrected chi connectivity index (χ2v) is 13.8. The topological polar surface area (TPSA) is 36.2 Å². The van der Waals surface area contributed by atoms with Crippen molar-refractivity contribution in [3.05, 3.63) is 106 Å². The zero-order valence-electron chi connectivity index (χ0n) is 30.0. The van der Waals surface area contributed by atoms with Gasteiger partial charge in [-0.15, -0.1) is 0 Å². The molecule has 0 amide bonds. The van der Waals surface area contributed by atoms with E-state index in [1.54, 1.807) is 0 Å². The van der Waals surface area contributed by atoms with E-state index in [2.05, 4.69) is 97.5 Å². The molecule has 0 unspecified atom stereocenters. The number of aromatic nitrogens is 2. The minimum atomic E-state index is -1.04. The van der Waals surface area contributed by atoms with E-state index in [1.165, 1.54) is 97.4 Å². The van der Waals surface area contributed by atoms with E-state index in [-0.39, 0.29) is 5.97 Å². The lowest BCUT2D eigenvalue weighted by molar-refractivity contribution is 0.0254. The van der Waals surface area contributed by atoms with Gasteiger partial charge in [-0.05, 0) is 43.9 Å². The molecule has 4 nitrogen and oxygen atoms in total. The van der Waals surface area contributed by atoms with E-state index in [4.69, 9.17) is 4.74 Å². The molecule has 0 radical (unpaired) electrons. The first kappa shape index (κ1) is 34.1. The first-order chi connectivity index (χ1) is 23.6. The van der Waals surface area contributed by atoms with Gasteiger partial charge in [0.1, 0.15) is 0 Å². The number of carbonyl (C=O) groups is 1. The van der Waals surface area contributed by atoms with Crippen molar-refractivity contribution < 1.29 is 9.53 Å². The van der Waals surface area contributed by atoms with Crippen molar-refractivity contribution in [2.45, 2.75) is 136 Å². The van der Waals surface area contributed by atoms with E-state index in [1.807, 2.05) is 12.1 Å². The number of fused-ring (bicyclic) bond motifs is 3. The molecule has 0 bridgehead atoms. The Bertz CT molecular complexity index is 1740. The van der Waals surface area contributed by atoms with Crippen molar-refractivity contribution in [2.75, 3.05) is 0 Å². The third kappa shape index (κ3) is 6.12. The van der Waals surface area contributed by atoms with Gasteiger partial charge in [-0.2, -0.15) is 0 Å². The van der Waals surface area contributed by atoms with Crippen molar-refractivity contribution in [3.8, 4) is 0 Å². The van der Waals surface area contributed by atoms with Crippen LogP contribution >= 0.6 is 0 Å². The minimum Gasteiger partial charge on any atom is -0.440 e. The molecule has 0 saturated carbocycles. The zero-order valence-corrected chi connectivity index (χ0v) is 30.0. The van der Waals surface area contributed by atoms with Crippen molar-refractivity contribution in [3.63, 3.8) is 0 Å². The van der Waals surface area contributed by atoms with Crippen LogP contribution in [0.15, 0.2) is 72.8 Å². The lowest BCUT2D eigenvalue weighted by Gasteiger charge is -2.32. The van der Waals surface area contributed by atoms with Crippen molar-refractivity contribution in [2.24, 2.45) is 0 Å². The van der Waals surface area contributed by atoms with Gasteiger partial charge in [0.05, 0.1) is 5.56 Å². The Balaban J connectivity index is 1.57. The highest BCUT2D eigenvalue weighted by Gasteiger charge is 2.53. The molecule has 0 N–H and O–H groups in total. The standard InChI is InChI=1S/C44H56N2O2/c1-5-9-11-13-15-23-31-45-37(7-3)41(34-26-18-21-29-39(34)45)44(36-28-20-17-25-33(36)43(47)48-44)42-35-27-19-22-30-40(35)46(38(42)8-4)32-24-16-14-12-10-6-2/h17-22,25-30H,5-16,23-24,31-32H2,1-4H3. The van der Waals surface area contributed by atoms with Crippen molar-refractivity contribution in [1.82, 2.24) is 9.13 Å². The predicted octanol–water partition coefficient (Wildman–Crippen LogP) is 11.9. The number of esters is 1. The molecule has 3 heterocycles. The number of carbonyl (C=O) groups excluding carboxylic acids is 1. The first-order valence-electron chi connectivity index (χ1n) is 19.2. The van der Waals surface area contributed by atoms with Crippen LogP contribution in [-0.2, 0) is 36.3 Å². The Labute approximate surface area is 288 Å². The highest BCUT2D eigenvalue weighted by atomic mass is 16.6. The van der Waals surface area contributed by atoms with E-state index < -0.39 is 5.60 Å². The van der Waals surface area contributed by atoms with Gasteiger partial charge in [-0.3, -0.25) is 0 Å². The Morgan fingerprint density at radius 1 is 0.542 bits per heavy atom. The third-order valence-corrected chi connectivity index (χ3v) is 10.8. The summed E-state index contributed by atoms with van der Waals surface area (Å²) in [6, 6.07) is 25.9. The molecular formula is C44H56N2O2. The summed E-state index contributed by atoms with van der Waals surface area (Å²) < 4.78 is 12.1. The molecule has 48 heavy (non-hydrogen) atoms. The molecule has 1 aliphatic rings. The summed E-state index contributed by atoms with van der Waals surface area (Å²) in [6.45, 7) is 11.0. The summed E-state index contributed by atoms with van der Waals surface area (Å²) in [4.78, 5) is 14.1. The zero-order chi connectivity index (χ0) is 33.5. The summed E-state index contributed by atoms with van der Waals surface area (Å²) in [5, 5.41) is 2.39. The summed E-state index contributed by atoms with van der Waals surface area (Å²) in [7, 11) is 0. The van der Waals surface area contributed by atoms with Crippen LogP contribution in [0.4, 0.5) is 0 Å². The number of aryl methyl sites for hydroxylation is 2. The highest BCUT2D eigenvalue weighted by molar-refractivity contribution is 6.01. The predicted molar refractivity (Wildman–Crippen MR) is 201 cm³/mol. The fourth-order valence-corrected chi connectivity index (χ4v) is 8.56. The van der Waals surface area contributed by atoms with E-state index in [9.17, 15) is 4.79 Å². The van der Waals surface area contributed by atoms with E-state index >= 15 is 0 Å². The maximum Gasteiger partial charge on any atom is 0.340 e. The maximum atomic E-state index is 14.1. The van der Waals surface area contributed by atoms with Crippen LogP contribution in [0.2, 0.25) is 0 Å². The van der Waals surface area contributed by atoms with Crippen LogP contribution < -0.4 is 0 Å². The monoisotopic (exact) mass is 644 g/mol. The largest absolute Gasteiger partial charge is 0.440 e. The molecule has 0 spiro atoms. The number of rotatable bonds is 18. The van der Waals surface area contributed by atoms with Gasteiger partial charge in [0.25, 0.3) is 0 Å². The van der Waals surface area contributed by atoms with Gasteiger partial charge in [0, 0.05) is 63.0 Å². The van der Waals surface area contributed by atoms with Crippen molar-refractivity contribution in [1.29, 1.82) is 0 Å². The van der Waals surface area contributed by atoms with Gasteiger partial charge in [0.2, 0.25) is 0 Å². The van der Waals surface area contributed by atoms with Gasteiger partial charge in [0.15, 0.2) is 5.60 Å². The average molecular weight is 645 g/mol. The normalized spacial score (nSPS) is 13.9. The molecule has 6 rings (SSSR count). The molecule has 5 aromatic rings. The molecular weight excluding hydrogens is 588 g/mol. The quantitative estimate of drug-likeness (QED) is 0.0703. The summed E-state index contributed by atoms with van der Waals surface area (Å²) in [6.07, 6.45) is 16.9. The highest BCUT2D eigenvalue weighted by Crippen LogP contribution is 2.54. The summed E-state index contributed by atoms with van der Waals surface area (Å²) >= 11 is 0. The first-order valence-corrected chi connectivity index (χ1v) is 19.2. The minimum absolute atomic E-state index is 0.227. The summed E-state index contributed by atoms with van der Waals surface area (Å²) in [5.41, 5.74) is 7.98. The Morgan fingerprint density at radius 2 is 0.979 bits per heavy atom. The molecule has 0 aliphatic carbocycles. The van der Waals surface area contributed by atoms with Crippen LogP contribution in [0.1, 0.15) is 143 Å². The van der Waals surface area contributed by atoms with Gasteiger partial charge >= 0.3 is 5.97 Å². The molecule has 2 aromatic heterocycles. The van der Waals surface area contributed by atoms with Crippen LogP contribution in [-0.4, -0.2) is 15.1 Å². The number of hydrogen-bond donors (Lipinski definition) is 0. The van der Waals surface area contributed by atoms with Crippen LogP contribution in [0, 0.1) is 0 Å². The number of unbranched alkanes of at least 4 members (excludes halogenated alkanes) is 10. The maximum absolute atomic E-state index is 14.1. The van der Waals surface area contributed by atoms with E-state index in [0.29, 0.717) is 5.56 Å². The fourth-order valence-electron chi connectivity index (χ4n) is 8.56. The van der Waals surface area contributed by atoms with Gasteiger partial charge < -0.3 is 13.9 Å². The molecule has 3 aromatic carbocycles. The Hall–Kier alpha value is -3.79. The number of ether oxygens (including phenoxy) is 1. The smallest absolute Gasteiger partial charge is 0.340 e. The lowest BCUT2D eigenvalue weighted by Crippen LogP contribution is -2.32. The third-order valence-electron chi connectivity index (χ3n) is 10.8. The Morgan fingerprint density at radius 3 is 1.48 bits per heavy atom. The second kappa shape index (κ2) is 15.6. The number of para-hydroxylation sites is 2. The SMILES string of the molecule is CCCCCCCCn1c(CC)c(C2(c3c(CC)n(CCCCCCCC)c4ccccc34)OC(=O)c3ccccc32)c2ccccc21. The second-order valence-electron chi connectivity index (χ2n) is 13.8. The molecule has 0 fully saturated rings. The van der Waals surface area contributed by atoms with Crippen LogP contribution in [0.5, 0.6) is 0 Å². The number of cyclic esters (lactones) is 1. The van der Waals surface area contributed by atoms with E-state index in [0.717, 1.165) is 55.5 Å². The molecule has 1 aliphatic heterocycles. The fraction of sp³-hybridized carbons (Fsp3) is 0.477. The van der Waals surface area contributed by atoms with Crippen molar-refractivity contribution >= 4 is 27.8 Å². The molecule has 4 heteroatoms. The lowest BCUT2D eigenvalue weighted by atomic mass is 9.76. The van der Waals surface area contributed by atoms with Gasteiger partial charge in [-0.25, -0.2) is 4.79 Å².